The number of ether oxygens (including phenoxy) is 1. The van der Waals surface area contributed by atoms with E-state index < -0.39 is 0 Å². The first kappa shape index (κ1) is 15.4. The highest BCUT2D eigenvalue weighted by Gasteiger charge is 2.22. The Balaban J connectivity index is 4.33. The third kappa shape index (κ3) is 4.94. The average molecular weight is 230 g/mol. The molecule has 1 N–H and O–H groups in total. The fourth-order valence-corrected chi connectivity index (χ4v) is 1.57. The molecular weight excluding hydrogens is 204 g/mol. The van der Waals surface area contributed by atoms with Crippen molar-refractivity contribution in [3.05, 3.63) is 0 Å². The van der Waals surface area contributed by atoms with Crippen LogP contribution in [0.4, 0.5) is 0 Å². The predicted octanol–water partition coefficient (Wildman–Crippen LogP) is 1.11. The molecule has 2 atom stereocenters. The smallest absolute Gasteiger partial charge is 0.324 e. The average Bonchev–Trinajstić information content (AvgIpc) is 2.25. The van der Waals surface area contributed by atoms with E-state index in [9.17, 15) is 4.79 Å². The second-order valence-electron chi connectivity index (χ2n) is 4.56. The molecule has 4 nitrogen and oxygen atoms in total. The van der Waals surface area contributed by atoms with Crippen LogP contribution in [-0.2, 0) is 9.53 Å². The minimum Gasteiger partial charge on any atom is -0.468 e. The Morgan fingerprint density at radius 2 is 1.94 bits per heavy atom. The lowest BCUT2D eigenvalue weighted by molar-refractivity contribution is -0.143. The minimum atomic E-state index is -0.235. The molecule has 0 heterocycles. The van der Waals surface area contributed by atoms with Crippen molar-refractivity contribution in [2.45, 2.75) is 39.8 Å². The van der Waals surface area contributed by atoms with E-state index in [0.717, 1.165) is 6.54 Å². The molecule has 16 heavy (non-hydrogen) atoms. The summed E-state index contributed by atoms with van der Waals surface area (Å²) in [5.74, 6) is 0.384. The maximum absolute atomic E-state index is 11.5. The summed E-state index contributed by atoms with van der Waals surface area (Å²) in [7, 11) is 3.47. The van der Waals surface area contributed by atoms with Gasteiger partial charge in [0, 0.05) is 12.6 Å². The summed E-state index contributed by atoms with van der Waals surface area (Å²) in [6, 6.07) is 0.215. The number of nitrogens with zero attached hydrogens (tertiary/aromatic N) is 1. The van der Waals surface area contributed by atoms with Gasteiger partial charge in [-0.1, -0.05) is 20.8 Å². The molecule has 96 valence electrons. The molecule has 0 aromatic carbocycles. The molecule has 0 aliphatic heterocycles. The topological polar surface area (TPSA) is 41.6 Å². The van der Waals surface area contributed by atoms with E-state index in [1.165, 1.54) is 7.11 Å². The summed E-state index contributed by atoms with van der Waals surface area (Å²) in [5, 5.41) is 3.14. The first-order valence-corrected chi connectivity index (χ1v) is 5.95. The van der Waals surface area contributed by atoms with E-state index in [-0.39, 0.29) is 12.0 Å². The fourth-order valence-electron chi connectivity index (χ4n) is 1.57. The molecular formula is C12H26N2O2. The Kier molecular flexibility index (Phi) is 7.34. The van der Waals surface area contributed by atoms with Crippen LogP contribution in [0.2, 0.25) is 0 Å². The van der Waals surface area contributed by atoms with Gasteiger partial charge in [0.2, 0.25) is 0 Å². The second-order valence-corrected chi connectivity index (χ2v) is 4.56. The van der Waals surface area contributed by atoms with Gasteiger partial charge in [-0.3, -0.25) is 4.79 Å². The quantitative estimate of drug-likeness (QED) is 0.665. The van der Waals surface area contributed by atoms with Gasteiger partial charge in [-0.25, -0.2) is 0 Å². The van der Waals surface area contributed by atoms with Crippen LogP contribution in [0.3, 0.4) is 0 Å². The molecule has 0 saturated carbocycles. The van der Waals surface area contributed by atoms with Gasteiger partial charge in [-0.15, -0.1) is 0 Å². The Bertz CT molecular complexity index is 207. The largest absolute Gasteiger partial charge is 0.468 e. The molecule has 0 radical (unpaired) electrons. The third-order valence-corrected chi connectivity index (χ3v) is 3.07. The fraction of sp³-hybridized carbons (Fsp3) is 0.917. The summed E-state index contributed by atoms with van der Waals surface area (Å²) >= 11 is 0. The predicted molar refractivity (Wildman–Crippen MR) is 66.4 cm³/mol. The molecule has 0 rings (SSSR count). The maximum atomic E-state index is 11.5. The maximum Gasteiger partial charge on any atom is 0.324 e. The lowest BCUT2D eigenvalue weighted by Crippen LogP contribution is -2.48. The standard InChI is InChI=1S/C12H26N2O2/c1-7-13-11(12(15)16-6)8-14(5)10(4)9(2)3/h9-11,13H,7-8H2,1-6H3. The van der Waals surface area contributed by atoms with E-state index in [1.807, 2.05) is 14.0 Å². The Morgan fingerprint density at radius 3 is 2.31 bits per heavy atom. The number of likely N-dealkylation sites (N-methyl/N-ethyl adjacent to an activating group) is 2. The molecule has 0 spiro atoms. The molecule has 0 aliphatic rings. The van der Waals surface area contributed by atoms with Crippen molar-refractivity contribution in [2.24, 2.45) is 5.92 Å². The number of hydrogen-bond acceptors (Lipinski definition) is 4. The van der Waals surface area contributed by atoms with Crippen molar-refractivity contribution in [3.63, 3.8) is 0 Å². The van der Waals surface area contributed by atoms with Gasteiger partial charge < -0.3 is 15.0 Å². The van der Waals surface area contributed by atoms with Crippen LogP contribution in [-0.4, -0.2) is 50.2 Å². The monoisotopic (exact) mass is 230 g/mol. The van der Waals surface area contributed by atoms with E-state index in [4.69, 9.17) is 4.74 Å². The van der Waals surface area contributed by atoms with Gasteiger partial charge in [0.15, 0.2) is 0 Å². The second kappa shape index (κ2) is 7.63. The number of carbonyl (C=O) groups is 1. The van der Waals surface area contributed by atoms with E-state index in [1.54, 1.807) is 0 Å². The number of carbonyl (C=O) groups excluding carboxylic acids is 1. The Morgan fingerprint density at radius 1 is 1.38 bits per heavy atom. The highest BCUT2D eigenvalue weighted by Crippen LogP contribution is 2.08. The highest BCUT2D eigenvalue weighted by molar-refractivity contribution is 5.75. The number of hydrogen-bond donors (Lipinski definition) is 1. The van der Waals surface area contributed by atoms with Gasteiger partial charge in [-0.2, -0.15) is 0 Å². The van der Waals surface area contributed by atoms with Gasteiger partial charge in [0.05, 0.1) is 7.11 Å². The Hall–Kier alpha value is -0.610. The molecule has 0 aromatic rings. The molecule has 0 bridgehead atoms. The zero-order valence-electron chi connectivity index (χ0n) is 11.4. The summed E-state index contributed by atoms with van der Waals surface area (Å²) in [6.45, 7) is 9.97. The van der Waals surface area contributed by atoms with Crippen LogP contribution in [0.5, 0.6) is 0 Å². The molecule has 4 heteroatoms. The molecule has 2 unspecified atom stereocenters. The van der Waals surface area contributed by atoms with Crippen molar-refractivity contribution < 1.29 is 9.53 Å². The lowest BCUT2D eigenvalue weighted by atomic mass is 10.0. The SMILES string of the molecule is CCNC(CN(C)C(C)C(C)C)C(=O)OC. The lowest BCUT2D eigenvalue weighted by Gasteiger charge is -2.30. The molecule has 0 aromatic heterocycles. The molecule has 0 saturated heterocycles. The van der Waals surface area contributed by atoms with Crippen LogP contribution in [0.1, 0.15) is 27.7 Å². The number of rotatable bonds is 7. The van der Waals surface area contributed by atoms with Gasteiger partial charge in [-0.05, 0) is 26.4 Å². The summed E-state index contributed by atoms with van der Waals surface area (Å²) < 4.78 is 4.78. The molecule has 0 fully saturated rings. The number of nitrogens with one attached hydrogen (secondary N) is 1. The third-order valence-electron chi connectivity index (χ3n) is 3.07. The van der Waals surface area contributed by atoms with Crippen molar-refractivity contribution in [1.82, 2.24) is 10.2 Å². The van der Waals surface area contributed by atoms with Crippen molar-refractivity contribution >= 4 is 5.97 Å². The first-order valence-electron chi connectivity index (χ1n) is 5.95. The van der Waals surface area contributed by atoms with Crippen LogP contribution in [0.25, 0.3) is 0 Å². The van der Waals surface area contributed by atoms with Crippen molar-refractivity contribution in [1.29, 1.82) is 0 Å². The molecule has 0 aliphatic carbocycles. The van der Waals surface area contributed by atoms with Gasteiger partial charge in [0.25, 0.3) is 0 Å². The van der Waals surface area contributed by atoms with Gasteiger partial charge >= 0.3 is 5.97 Å². The number of esters is 1. The van der Waals surface area contributed by atoms with E-state index in [0.29, 0.717) is 18.5 Å². The zero-order chi connectivity index (χ0) is 12.7. The summed E-state index contributed by atoms with van der Waals surface area (Å²) in [6.07, 6.45) is 0. The summed E-state index contributed by atoms with van der Waals surface area (Å²) in [4.78, 5) is 13.7. The van der Waals surface area contributed by atoms with Crippen LogP contribution >= 0.6 is 0 Å². The van der Waals surface area contributed by atoms with E-state index in [2.05, 4.69) is 31.0 Å². The first-order chi connectivity index (χ1) is 7.43. The van der Waals surface area contributed by atoms with Crippen LogP contribution < -0.4 is 5.32 Å². The minimum absolute atomic E-state index is 0.190. The van der Waals surface area contributed by atoms with Crippen molar-refractivity contribution in [3.8, 4) is 0 Å². The van der Waals surface area contributed by atoms with Crippen molar-refractivity contribution in [2.75, 3.05) is 27.2 Å². The normalized spacial score (nSPS) is 15.2. The Labute approximate surface area is 99.3 Å². The number of methoxy groups -OCH3 is 1. The van der Waals surface area contributed by atoms with Crippen LogP contribution in [0, 0.1) is 5.92 Å². The zero-order valence-corrected chi connectivity index (χ0v) is 11.4. The van der Waals surface area contributed by atoms with Gasteiger partial charge in [0.1, 0.15) is 6.04 Å². The van der Waals surface area contributed by atoms with Crippen LogP contribution in [0.15, 0.2) is 0 Å². The molecule has 0 amide bonds. The highest BCUT2D eigenvalue weighted by atomic mass is 16.5. The summed E-state index contributed by atoms with van der Waals surface area (Å²) in [5.41, 5.74) is 0. The van der Waals surface area contributed by atoms with E-state index >= 15 is 0 Å².